The highest BCUT2D eigenvalue weighted by Crippen LogP contribution is 2.36. The maximum atomic E-state index is 13.0. The van der Waals surface area contributed by atoms with E-state index in [-0.39, 0.29) is 5.75 Å². The Hall–Kier alpha value is -1.34. The number of hydrogen-bond donors (Lipinski definition) is 0. The molecule has 0 saturated heterocycles. The molecule has 7 heteroatoms. The highest BCUT2D eigenvalue weighted by Gasteiger charge is 2.33. The van der Waals surface area contributed by atoms with Gasteiger partial charge in [-0.05, 0) is 44.5 Å². The lowest BCUT2D eigenvalue weighted by molar-refractivity contribution is -0.137. The average molecular weight is 349 g/mol. The molecule has 0 fully saturated rings. The van der Waals surface area contributed by atoms with Gasteiger partial charge in [-0.3, -0.25) is 0 Å². The van der Waals surface area contributed by atoms with E-state index in [1.807, 2.05) is 0 Å². The van der Waals surface area contributed by atoms with Crippen molar-refractivity contribution in [3.05, 3.63) is 42.0 Å². The standard InChI is InChI=1S/C16H22F3NO2S/c1-7-14(20(5)23(21)15(2,3)4)11-8-12(16(17,18)19)10-13(9-11)22-6/h7-10,14H,1H2,2-6H3. The second kappa shape index (κ2) is 7.05. The van der Waals surface area contributed by atoms with Crippen LogP contribution in [-0.4, -0.2) is 27.4 Å². The predicted octanol–water partition coefficient (Wildman–Crippen LogP) is 4.34. The van der Waals surface area contributed by atoms with Crippen LogP contribution in [0, 0.1) is 0 Å². The molecule has 0 amide bonds. The monoisotopic (exact) mass is 349 g/mol. The maximum Gasteiger partial charge on any atom is 0.416 e. The SMILES string of the molecule is C=CC(c1cc(OC)cc(C(F)(F)F)c1)N(C)S(=O)C(C)(C)C. The smallest absolute Gasteiger partial charge is 0.416 e. The first-order valence-electron chi connectivity index (χ1n) is 6.95. The molecule has 0 heterocycles. The summed E-state index contributed by atoms with van der Waals surface area (Å²) >= 11 is 0. The van der Waals surface area contributed by atoms with Crippen LogP contribution in [0.1, 0.15) is 37.9 Å². The molecular formula is C16H22F3NO2S. The van der Waals surface area contributed by atoms with Gasteiger partial charge in [0.1, 0.15) is 16.7 Å². The molecule has 2 atom stereocenters. The molecule has 0 N–H and O–H groups in total. The third-order valence-electron chi connectivity index (χ3n) is 3.23. The second-order valence-electron chi connectivity index (χ2n) is 6.08. The maximum absolute atomic E-state index is 13.0. The lowest BCUT2D eigenvalue weighted by Gasteiger charge is -2.31. The molecule has 0 radical (unpaired) electrons. The molecule has 0 aliphatic heterocycles. The first-order chi connectivity index (χ1) is 10.4. The molecule has 1 aromatic rings. The van der Waals surface area contributed by atoms with Crippen LogP contribution in [0.2, 0.25) is 0 Å². The van der Waals surface area contributed by atoms with Crippen molar-refractivity contribution in [2.75, 3.05) is 14.2 Å². The van der Waals surface area contributed by atoms with Gasteiger partial charge in [0.2, 0.25) is 0 Å². The van der Waals surface area contributed by atoms with E-state index in [9.17, 15) is 17.4 Å². The first kappa shape index (κ1) is 19.7. The molecule has 0 aliphatic carbocycles. The Kier molecular flexibility index (Phi) is 6.04. The van der Waals surface area contributed by atoms with Crippen molar-refractivity contribution in [3.63, 3.8) is 0 Å². The van der Waals surface area contributed by atoms with Crippen molar-refractivity contribution in [1.82, 2.24) is 4.31 Å². The van der Waals surface area contributed by atoms with Gasteiger partial charge in [-0.1, -0.05) is 6.08 Å². The fourth-order valence-corrected chi connectivity index (χ4v) is 3.38. The third-order valence-corrected chi connectivity index (χ3v) is 5.03. The summed E-state index contributed by atoms with van der Waals surface area (Å²) in [4.78, 5) is 0. The van der Waals surface area contributed by atoms with Crippen molar-refractivity contribution in [2.45, 2.75) is 37.7 Å². The van der Waals surface area contributed by atoms with Crippen LogP contribution in [0.4, 0.5) is 13.2 Å². The number of likely N-dealkylation sites (N-methyl/N-ethyl adjacent to an activating group) is 1. The van der Waals surface area contributed by atoms with E-state index in [0.29, 0.717) is 5.56 Å². The Balaban J connectivity index is 3.35. The summed E-state index contributed by atoms with van der Waals surface area (Å²) in [6, 6.07) is 2.83. The highest BCUT2D eigenvalue weighted by molar-refractivity contribution is 7.84. The van der Waals surface area contributed by atoms with Gasteiger partial charge in [0, 0.05) is 7.05 Å². The molecule has 0 aromatic heterocycles. The van der Waals surface area contributed by atoms with Crippen LogP contribution < -0.4 is 4.74 Å². The second-order valence-corrected chi connectivity index (χ2v) is 8.38. The Morgan fingerprint density at radius 3 is 2.22 bits per heavy atom. The minimum absolute atomic E-state index is 0.0941. The molecule has 0 saturated carbocycles. The summed E-state index contributed by atoms with van der Waals surface area (Å²) in [5.41, 5.74) is -0.486. The zero-order valence-corrected chi connectivity index (χ0v) is 14.7. The summed E-state index contributed by atoms with van der Waals surface area (Å²) in [7, 11) is 1.49. The van der Waals surface area contributed by atoms with Gasteiger partial charge in [0.25, 0.3) is 0 Å². The molecule has 0 spiro atoms. The largest absolute Gasteiger partial charge is 0.497 e. The third kappa shape index (κ3) is 4.81. The Labute approximate surface area is 137 Å². The van der Waals surface area contributed by atoms with Gasteiger partial charge in [0.05, 0.1) is 23.5 Å². The molecule has 1 rings (SSSR count). The van der Waals surface area contributed by atoms with Gasteiger partial charge in [0.15, 0.2) is 0 Å². The summed E-state index contributed by atoms with van der Waals surface area (Å²) in [6.45, 7) is 9.07. The van der Waals surface area contributed by atoms with E-state index in [1.54, 1.807) is 27.8 Å². The van der Waals surface area contributed by atoms with E-state index in [4.69, 9.17) is 4.74 Å². The zero-order valence-electron chi connectivity index (χ0n) is 13.9. The number of ether oxygens (including phenoxy) is 1. The summed E-state index contributed by atoms with van der Waals surface area (Å²) in [5, 5.41) is 0. The molecule has 3 nitrogen and oxygen atoms in total. The predicted molar refractivity (Wildman–Crippen MR) is 86.6 cm³/mol. The summed E-state index contributed by atoms with van der Waals surface area (Å²) < 4.78 is 57.6. The van der Waals surface area contributed by atoms with Crippen molar-refractivity contribution in [2.24, 2.45) is 0 Å². The summed E-state index contributed by atoms with van der Waals surface area (Å²) in [6.07, 6.45) is -3.02. The number of nitrogens with zero attached hydrogens (tertiary/aromatic N) is 1. The quantitative estimate of drug-likeness (QED) is 0.740. The number of rotatable bonds is 5. The van der Waals surface area contributed by atoms with E-state index in [2.05, 4.69) is 6.58 Å². The number of alkyl halides is 3. The van der Waals surface area contributed by atoms with Gasteiger partial charge in [-0.2, -0.15) is 13.2 Å². The fraction of sp³-hybridized carbons (Fsp3) is 0.500. The van der Waals surface area contributed by atoms with Crippen LogP contribution in [0.15, 0.2) is 30.9 Å². The van der Waals surface area contributed by atoms with E-state index in [1.165, 1.54) is 23.6 Å². The van der Waals surface area contributed by atoms with E-state index < -0.39 is 33.5 Å². The number of hydrogen-bond acceptors (Lipinski definition) is 2. The minimum atomic E-state index is -4.49. The van der Waals surface area contributed by atoms with Crippen LogP contribution in [0.25, 0.3) is 0 Å². The normalized spacial score (nSPS) is 15.3. The Bertz CT molecular complexity index is 594. The van der Waals surface area contributed by atoms with E-state index in [0.717, 1.165) is 12.1 Å². The molecule has 1 aromatic carbocycles. The van der Waals surface area contributed by atoms with Gasteiger partial charge >= 0.3 is 6.18 Å². The van der Waals surface area contributed by atoms with Crippen molar-refractivity contribution in [1.29, 1.82) is 0 Å². The zero-order chi connectivity index (χ0) is 18.0. The van der Waals surface area contributed by atoms with Crippen molar-refractivity contribution >= 4 is 11.0 Å². The number of benzene rings is 1. The van der Waals surface area contributed by atoms with Crippen molar-refractivity contribution in [3.8, 4) is 5.75 Å². The molecule has 0 bridgehead atoms. The van der Waals surface area contributed by atoms with Gasteiger partial charge < -0.3 is 4.74 Å². The Morgan fingerprint density at radius 1 is 1.26 bits per heavy atom. The fourth-order valence-electron chi connectivity index (χ4n) is 2.10. The van der Waals surface area contributed by atoms with Gasteiger partial charge in [-0.15, -0.1) is 6.58 Å². The van der Waals surface area contributed by atoms with Crippen molar-refractivity contribution < 1.29 is 22.1 Å². The number of halogens is 3. The number of methoxy groups -OCH3 is 1. The van der Waals surface area contributed by atoms with Crippen LogP contribution >= 0.6 is 0 Å². The topological polar surface area (TPSA) is 29.5 Å². The molecule has 0 aliphatic rings. The molecule has 2 unspecified atom stereocenters. The Morgan fingerprint density at radius 2 is 1.83 bits per heavy atom. The lowest BCUT2D eigenvalue weighted by atomic mass is 10.0. The highest BCUT2D eigenvalue weighted by atomic mass is 32.2. The molecule has 23 heavy (non-hydrogen) atoms. The molecular weight excluding hydrogens is 327 g/mol. The van der Waals surface area contributed by atoms with Gasteiger partial charge in [-0.25, -0.2) is 8.51 Å². The van der Waals surface area contributed by atoms with Crippen LogP contribution in [-0.2, 0) is 17.2 Å². The molecule has 130 valence electrons. The van der Waals surface area contributed by atoms with Crippen LogP contribution in [0.5, 0.6) is 5.75 Å². The summed E-state index contributed by atoms with van der Waals surface area (Å²) in [5.74, 6) is 0.0941. The lowest BCUT2D eigenvalue weighted by Crippen LogP contribution is -2.36. The average Bonchev–Trinajstić information content (AvgIpc) is 2.44. The van der Waals surface area contributed by atoms with Crippen LogP contribution in [0.3, 0.4) is 0 Å². The van der Waals surface area contributed by atoms with E-state index >= 15 is 0 Å². The minimum Gasteiger partial charge on any atom is -0.497 e. The first-order valence-corrected chi connectivity index (χ1v) is 8.06.